The summed E-state index contributed by atoms with van der Waals surface area (Å²) in [6.45, 7) is -0.302. The maximum Gasteiger partial charge on any atom is 0.269 e. The summed E-state index contributed by atoms with van der Waals surface area (Å²) >= 11 is 0. The first-order chi connectivity index (χ1) is 13.0. The number of hydrazine groups is 1. The second kappa shape index (κ2) is 6.90. The molecule has 2 aliphatic heterocycles. The predicted octanol–water partition coefficient (Wildman–Crippen LogP) is 0.351. The zero-order chi connectivity index (χ0) is 19.0. The Hall–Kier alpha value is -3.10. The van der Waals surface area contributed by atoms with Gasteiger partial charge in [0.25, 0.3) is 11.8 Å². The van der Waals surface area contributed by atoms with Crippen molar-refractivity contribution in [2.75, 3.05) is 13.3 Å². The number of rotatable bonds is 3. The Balaban J connectivity index is 1.32. The molecule has 9 heteroatoms. The summed E-state index contributed by atoms with van der Waals surface area (Å²) < 4.78 is 10.4. The molecule has 1 saturated carbocycles. The molecule has 2 unspecified atom stereocenters. The number of nitrogens with zero attached hydrogens (tertiary/aromatic N) is 1. The molecule has 4 rings (SSSR count). The van der Waals surface area contributed by atoms with E-state index in [-0.39, 0.29) is 36.0 Å². The summed E-state index contributed by atoms with van der Waals surface area (Å²) in [6, 6.07) is 4.64. The van der Waals surface area contributed by atoms with Crippen LogP contribution in [0.2, 0.25) is 0 Å². The van der Waals surface area contributed by atoms with E-state index in [1.807, 2.05) is 0 Å². The number of imide groups is 1. The van der Waals surface area contributed by atoms with Gasteiger partial charge in [-0.05, 0) is 31.0 Å². The molecule has 0 radical (unpaired) electrons. The summed E-state index contributed by atoms with van der Waals surface area (Å²) in [5, 5.41) is 0. The molecule has 1 aromatic carbocycles. The second-order valence-electron chi connectivity index (χ2n) is 6.83. The van der Waals surface area contributed by atoms with Crippen molar-refractivity contribution >= 4 is 23.6 Å². The lowest BCUT2D eigenvalue weighted by Gasteiger charge is -2.19. The van der Waals surface area contributed by atoms with Crippen molar-refractivity contribution in [3.05, 3.63) is 23.8 Å². The molecule has 9 nitrogen and oxygen atoms in total. The number of nitrogens with one attached hydrogen (secondary N) is 2. The lowest BCUT2D eigenvalue weighted by atomic mass is 9.81. The number of likely N-dealkylation sites (tertiary alicyclic amines) is 1. The second-order valence-corrected chi connectivity index (χ2v) is 6.83. The average molecular weight is 373 g/mol. The van der Waals surface area contributed by atoms with Crippen LogP contribution < -0.4 is 20.3 Å². The first-order valence-electron chi connectivity index (χ1n) is 8.88. The minimum Gasteiger partial charge on any atom is -0.454 e. The predicted molar refractivity (Wildman–Crippen MR) is 90.3 cm³/mol. The number of carbonyl (C=O) groups is 4. The Kier molecular flexibility index (Phi) is 4.43. The van der Waals surface area contributed by atoms with E-state index >= 15 is 0 Å². The van der Waals surface area contributed by atoms with Crippen LogP contribution in [0.25, 0.3) is 0 Å². The molecule has 2 N–H and O–H groups in total. The van der Waals surface area contributed by atoms with Crippen LogP contribution in [0.3, 0.4) is 0 Å². The molecule has 1 aliphatic carbocycles. The van der Waals surface area contributed by atoms with E-state index < -0.39 is 18.4 Å². The molecule has 27 heavy (non-hydrogen) atoms. The highest BCUT2D eigenvalue weighted by molar-refractivity contribution is 6.07. The van der Waals surface area contributed by atoms with Gasteiger partial charge in [-0.1, -0.05) is 12.8 Å². The molecule has 2 fully saturated rings. The van der Waals surface area contributed by atoms with Gasteiger partial charge in [-0.2, -0.15) is 0 Å². The van der Waals surface area contributed by atoms with E-state index in [9.17, 15) is 19.2 Å². The van der Waals surface area contributed by atoms with Crippen molar-refractivity contribution in [1.82, 2.24) is 15.8 Å². The Bertz CT molecular complexity index is 799. The highest BCUT2D eigenvalue weighted by Gasteiger charge is 2.48. The standard InChI is InChI=1S/C18H19N3O6/c22-15(8-21-17(24)11-3-1-2-4-12(11)18(21)25)19-20-16(23)10-5-6-13-14(7-10)27-9-26-13/h5-7,11-12H,1-4,8-9H2,(H,19,22)(H,20,23). The van der Waals surface area contributed by atoms with Gasteiger partial charge in [-0.25, -0.2) is 0 Å². The largest absolute Gasteiger partial charge is 0.454 e. The summed E-state index contributed by atoms with van der Waals surface area (Å²) in [5.41, 5.74) is 4.79. The van der Waals surface area contributed by atoms with E-state index in [1.165, 1.54) is 12.1 Å². The fraction of sp³-hybridized carbons (Fsp3) is 0.444. The third-order valence-corrected chi connectivity index (χ3v) is 5.18. The zero-order valence-corrected chi connectivity index (χ0v) is 14.5. The fourth-order valence-electron chi connectivity index (χ4n) is 3.81. The molecule has 0 bridgehead atoms. The van der Waals surface area contributed by atoms with Crippen LogP contribution in [0.15, 0.2) is 18.2 Å². The maximum absolute atomic E-state index is 12.4. The minimum absolute atomic E-state index is 0.0943. The first kappa shape index (κ1) is 17.3. The van der Waals surface area contributed by atoms with Crippen molar-refractivity contribution in [2.45, 2.75) is 25.7 Å². The third kappa shape index (κ3) is 3.20. The Morgan fingerprint density at radius 2 is 1.67 bits per heavy atom. The van der Waals surface area contributed by atoms with Crippen LogP contribution >= 0.6 is 0 Å². The topological polar surface area (TPSA) is 114 Å². The Labute approximate surface area is 154 Å². The highest BCUT2D eigenvalue weighted by atomic mass is 16.7. The van der Waals surface area contributed by atoms with E-state index in [0.29, 0.717) is 24.3 Å². The van der Waals surface area contributed by atoms with Gasteiger partial charge in [0, 0.05) is 5.56 Å². The number of amides is 4. The van der Waals surface area contributed by atoms with Gasteiger partial charge < -0.3 is 9.47 Å². The highest BCUT2D eigenvalue weighted by Crippen LogP contribution is 2.37. The Morgan fingerprint density at radius 3 is 2.37 bits per heavy atom. The summed E-state index contributed by atoms with van der Waals surface area (Å²) in [6.07, 6.45) is 3.22. The third-order valence-electron chi connectivity index (χ3n) is 5.18. The van der Waals surface area contributed by atoms with Crippen molar-refractivity contribution in [1.29, 1.82) is 0 Å². The molecular formula is C18H19N3O6. The van der Waals surface area contributed by atoms with Crippen molar-refractivity contribution in [2.24, 2.45) is 11.8 Å². The van der Waals surface area contributed by atoms with E-state index in [1.54, 1.807) is 6.07 Å². The molecule has 0 aromatic heterocycles. The summed E-state index contributed by atoms with van der Waals surface area (Å²) in [4.78, 5) is 50.0. The fourth-order valence-corrected chi connectivity index (χ4v) is 3.81. The van der Waals surface area contributed by atoms with Crippen LogP contribution in [0, 0.1) is 11.8 Å². The number of ether oxygens (including phenoxy) is 2. The average Bonchev–Trinajstić information content (AvgIpc) is 3.25. The summed E-state index contributed by atoms with van der Waals surface area (Å²) in [7, 11) is 0. The number of benzene rings is 1. The maximum atomic E-state index is 12.4. The number of carbonyl (C=O) groups excluding carboxylic acids is 4. The van der Waals surface area contributed by atoms with E-state index in [4.69, 9.17) is 9.47 Å². The monoisotopic (exact) mass is 373 g/mol. The molecule has 3 aliphatic rings. The van der Waals surface area contributed by atoms with Crippen LogP contribution in [0.4, 0.5) is 0 Å². The molecule has 2 heterocycles. The van der Waals surface area contributed by atoms with Crippen LogP contribution in [0.5, 0.6) is 11.5 Å². The number of hydrogen-bond donors (Lipinski definition) is 2. The SMILES string of the molecule is O=C(CN1C(=O)C2CCCCC2C1=O)NNC(=O)c1ccc2c(c1)OCO2. The van der Waals surface area contributed by atoms with E-state index in [0.717, 1.165) is 17.7 Å². The van der Waals surface area contributed by atoms with Gasteiger partial charge in [-0.3, -0.25) is 34.9 Å². The number of hydrogen-bond acceptors (Lipinski definition) is 6. The van der Waals surface area contributed by atoms with Crippen molar-refractivity contribution in [3.8, 4) is 11.5 Å². The molecule has 142 valence electrons. The van der Waals surface area contributed by atoms with Crippen LogP contribution in [-0.2, 0) is 14.4 Å². The summed E-state index contributed by atoms with van der Waals surface area (Å²) in [5.74, 6) is -1.37. The quantitative estimate of drug-likeness (QED) is 0.584. The molecule has 2 atom stereocenters. The molecular weight excluding hydrogens is 354 g/mol. The molecule has 1 saturated heterocycles. The minimum atomic E-state index is -0.635. The molecule has 1 aromatic rings. The normalized spacial score (nSPS) is 23.2. The van der Waals surface area contributed by atoms with Gasteiger partial charge >= 0.3 is 0 Å². The zero-order valence-electron chi connectivity index (χ0n) is 14.5. The van der Waals surface area contributed by atoms with Crippen molar-refractivity contribution < 1.29 is 28.7 Å². The van der Waals surface area contributed by atoms with Gasteiger partial charge in [0.15, 0.2) is 11.5 Å². The lowest BCUT2D eigenvalue weighted by molar-refractivity contribution is -0.143. The molecule has 0 spiro atoms. The van der Waals surface area contributed by atoms with Crippen LogP contribution in [0.1, 0.15) is 36.0 Å². The first-order valence-corrected chi connectivity index (χ1v) is 8.88. The lowest BCUT2D eigenvalue weighted by Crippen LogP contribution is -2.47. The van der Waals surface area contributed by atoms with Crippen molar-refractivity contribution in [3.63, 3.8) is 0 Å². The Morgan fingerprint density at radius 1 is 1.00 bits per heavy atom. The molecule has 4 amide bonds. The van der Waals surface area contributed by atoms with Gasteiger partial charge in [0.05, 0.1) is 11.8 Å². The van der Waals surface area contributed by atoms with Crippen LogP contribution in [-0.4, -0.2) is 41.9 Å². The van der Waals surface area contributed by atoms with Gasteiger partial charge in [0.1, 0.15) is 6.54 Å². The van der Waals surface area contributed by atoms with Gasteiger partial charge in [0.2, 0.25) is 18.6 Å². The van der Waals surface area contributed by atoms with E-state index in [2.05, 4.69) is 10.9 Å². The smallest absolute Gasteiger partial charge is 0.269 e. The number of fused-ring (bicyclic) bond motifs is 2. The van der Waals surface area contributed by atoms with Gasteiger partial charge in [-0.15, -0.1) is 0 Å².